The van der Waals surface area contributed by atoms with Crippen molar-refractivity contribution in [2.45, 2.75) is 61.2 Å². The Morgan fingerprint density at radius 3 is 1.22 bits per heavy atom. The molecule has 0 spiro atoms. The third-order valence-electron chi connectivity index (χ3n) is 4.72. The predicted molar refractivity (Wildman–Crippen MR) is 106 cm³/mol. The minimum atomic E-state index is -0.572. The second-order valence-corrected chi connectivity index (χ2v) is 7.25. The fraction of sp³-hybridized carbons (Fsp3) is 0.391. The molecule has 144 valence electrons. The lowest BCUT2D eigenvalue weighted by Crippen LogP contribution is -2.15. The second-order valence-electron chi connectivity index (χ2n) is 7.25. The highest BCUT2D eigenvalue weighted by atomic mass is 16.6. The van der Waals surface area contributed by atoms with Crippen LogP contribution in [0.4, 0.5) is 0 Å². The molecule has 0 N–H and O–H groups in total. The first-order valence-electron chi connectivity index (χ1n) is 9.12. The van der Waals surface area contributed by atoms with Gasteiger partial charge in [0, 0.05) is 0 Å². The second kappa shape index (κ2) is 8.85. The van der Waals surface area contributed by atoms with Gasteiger partial charge in [-0.2, -0.15) is 0 Å². The Kier molecular flexibility index (Phi) is 6.78. The van der Waals surface area contributed by atoms with E-state index in [4.69, 9.17) is 9.47 Å². The molecule has 0 fully saturated rings. The summed E-state index contributed by atoms with van der Waals surface area (Å²) in [7, 11) is 0. The Balaban J connectivity index is 1.87. The summed E-state index contributed by atoms with van der Waals surface area (Å²) in [5, 5.41) is 0. The summed E-state index contributed by atoms with van der Waals surface area (Å²) in [6, 6.07) is 8.21. The third-order valence-corrected chi connectivity index (χ3v) is 4.72. The Morgan fingerprint density at radius 2 is 0.926 bits per heavy atom. The molecule has 0 saturated carbocycles. The minimum absolute atomic E-state index is 0.167. The first-order valence-corrected chi connectivity index (χ1v) is 9.12. The van der Waals surface area contributed by atoms with Crippen LogP contribution in [-0.2, 0) is 32.3 Å². The number of hydrogen-bond acceptors (Lipinski definition) is 4. The van der Waals surface area contributed by atoms with E-state index in [1.807, 2.05) is 41.5 Å². The molecule has 2 aromatic rings. The molecule has 0 aliphatic carbocycles. The van der Waals surface area contributed by atoms with E-state index < -0.39 is 11.9 Å². The summed E-state index contributed by atoms with van der Waals surface area (Å²) < 4.78 is 10.6. The third kappa shape index (κ3) is 5.68. The van der Waals surface area contributed by atoms with Crippen LogP contribution in [0.25, 0.3) is 0 Å². The summed E-state index contributed by atoms with van der Waals surface area (Å²) in [5.74, 6) is -1.14. The van der Waals surface area contributed by atoms with Crippen molar-refractivity contribution in [1.82, 2.24) is 0 Å². The molecule has 2 rings (SSSR count). The van der Waals surface area contributed by atoms with Gasteiger partial charge in [-0.1, -0.05) is 35.4 Å². The lowest BCUT2D eigenvalue weighted by Gasteiger charge is -2.13. The Labute approximate surface area is 161 Å². The van der Waals surface area contributed by atoms with Gasteiger partial charge in [-0.3, -0.25) is 9.59 Å². The van der Waals surface area contributed by atoms with Crippen LogP contribution in [-0.4, -0.2) is 11.9 Å². The molecule has 0 radical (unpaired) electrons. The van der Waals surface area contributed by atoms with E-state index in [9.17, 15) is 9.59 Å². The smallest absolute Gasteiger partial charge is 0.317 e. The molecule has 0 amide bonds. The minimum Gasteiger partial charge on any atom is -0.460 e. The van der Waals surface area contributed by atoms with Gasteiger partial charge in [-0.15, -0.1) is 0 Å². The first kappa shape index (κ1) is 20.7. The highest BCUT2D eigenvalue weighted by molar-refractivity contribution is 5.91. The topological polar surface area (TPSA) is 52.6 Å². The van der Waals surface area contributed by atoms with Crippen LogP contribution in [0.1, 0.15) is 50.9 Å². The van der Waals surface area contributed by atoms with Crippen LogP contribution in [0, 0.1) is 41.5 Å². The van der Waals surface area contributed by atoms with Gasteiger partial charge in [0.2, 0.25) is 0 Å². The number of rotatable bonds is 6. The van der Waals surface area contributed by atoms with Crippen LogP contribution in [0.3, 0.4) is 0 Å². The number of aryl methyl sites for hydroxylation is 6. The van der Waals surface area contributed by atoms with E-state index in [1.54, 1.807) is 0 Å². The fourth-order valence-corrected chi connectivity index (χ4v) is 3.40. The number of ether oxygens (including phenoxy) is 2. The molecule has 0 aliphatic rings. The quantitative estimate of drug-likeness (QED) is 0.547. The maximum Gasteiger partial charge on any atom is 0.317 e. The zero-order chi connectivity index (χ0) is 20.1. The molecule has 0 saturated heterocycles. The van der Waals surface area contributed by atoms with Crippen molar-refractivity contribution < 1.29 is 19.1 Å². The van der Waals surface area contributed by atoms with Crippen molar-refractivity contribution in [2.75, 3.05) is 0 Å². The molecular formula is C23H28O4. The van der Waals surface area contributed by atoms with Crippen LogP contribution in [0.5, 0.6) is 0 Å². The van der Waals surface area contributed by atoms with Gasteiger partial charge in [0.05, 0.1) is 0 Å². The van der Waals surface area contributed by atoms with Crippen molar-refractivity contribution >= 4 is 11.9 Å². The summed E-state index contributed by atoms with van der Waals surface area (Å²) in [6.07, 6.45) is -0.381. The van der Waals surface area contributed by atoms with Crippen LogP contribution < -0.4 is 0 Å². The van der Waals surface area contributed by atoms with Gasteiger partial charge in [-0.05, 0) is 74.9 Å². The first-order chi connectivity index (χ1) is 12.7. The summed E-state index contributed by atoms with van der Waals surface area (Å²) in [6.45, 7) is 12.4. The molecule has 4 nitrogen and oxygen atoms in total. The number of benzene rings is 2. The van der Waals surface area contributed by atoms with E-state index in [1.165, 1.54) is 11.1 Å². The summed E-state index contributed by atoms with van der Waals surface area (Å²) >= 11 is 0. The number of esters is 2. The Morgan fingerprint density at radius 1 is 0.630 bits per heavy atom. The monoisotopic (exact) mass is 368 g/mol. The maximum atomic E-state index is 12.0. The van der Waals surface area contributed by atoms with Crippen molar-refractivity contribution in [2.24, 2.45) is 0 Å². The van der Waals surface area contributed by atoms with Gasteiger partial charge in [0.15, 0.2) is 0 Å². The normalized spacial score (nSPS) is 10.6. The molecule has 4 heteroatoms. The van der Waals surface area contributed by atoms with Crippen LogP contribution in [0.15, 0.2) is 24.3 Å². The zero-order valence-electron chi connectivity index (χ0n) is 17.1. The largest absolute Gasteiger partial charge is 0.460 e. The Bertz CT molecular complexity index is 747. The Hall–Kier alpha value is -2.62. The van der Waals surface area contributed by atoms with E-state index >= 15 is 0 Å². The average Bonchev–Trinajstić information content (AvgIpc) is 2.52. The molecule has 27 heavy (non-hydrogen) atoms. The molecular weight excluding hydrogens is 340 g/mol. The molecule has 0 aromatic heterocycles. The average molecular weight is 368 g/mol. The number of carbonyl (C=O) groups is 2. The van der Waals surface area contributed by atoms with Gasteiger partial charge < -0.3 is 9.47 Å². The van der Waals surface area contributed by atoms with Crippen molar-refractivity contribution in [3.8, 4) is 0 Å². The predicted octanol–water partition coefficient (Wildman–Crippen LogP) is 4.71. The van der Waals surface area contributed by atoms with Gasteiger partial charge in [0.1, 0.15) is 19.6 Å². The summed E-state index contributed by atoms with van der Waals surface area (Å²) in [4.78, 5) is 24.0. The zero-order valence-corrected chi connectivity index (χ0v) is 17.1. The molecule has 0 unspecified atom stereocenters. The highest BCUT2D eigenvalue weighted by Gasteiger charge is 2.15. The number of hydrogen-bond donors (Lipinski definition) is 0. The molecule has 0 atom stereocenters. The van der Waals surface area contributed by atoms with Gasteiger partial charge >= 0.3 is 11.9 Å². The van der Waals surface area contributed by atoms with Gasteiger partial charge in [-0.25, -0.2) is 0 Å². The van der Waals surface area contributed by atoms with E-state index in [0.29, 0.717) is 0 Å². The van der Waals surface area contributed by atoms with E-state index in [0.717, 1.165) is 33.4 Å². The standard InChI is InChI=1S/C23H28O4/c1-14-7-16(3)20(17(4)8-14)12-26-22(24)11-23(25)27-13-21-18(5)9-15(2)10-19(21)6/h7-10H,11-13H2,1-6H3. The van der Waals surface area contributed by atoms with Crippen molar-refractivity contribution in [3.63, 3.8) is 0 Å². The maximum absolute atomic E-state index is 12.0. The van der Waals surface area contributed by atoms with E-state index in [-0.39, 0.29) is 19.6 Å². The lowest BCUT2D eigenvalue weighted by molar-refractivity contribution is -0.156. The number of carbonyl (C=O) groups excluding carboxylic acids is 2. The van der Waals surface area contributed by atoms with Crippen LogP contribution in [0.2, 0.25) is 0 Å². The molecule has 2 aromatic carbocycles. The fourth-order valence-electron chi connectivity index (χ4n) is 3.40. The molecule has 0 heterocycles. The van der Waals surface area contributed by atoms with Crippen molar-refractivity contribution in [3.05, 3.63) is 68.8 Å². The SMILES string of the molecule is Cc1cc(C)c(COC(=O)CC(=O)OCc2c(C)cc(C)cc2C)c(C)c1. The highest BCUT2D eigenvalue weighted by Crippen LogP contribution is 2.19. The molecule has 0 bridgehead atoms. The van der Waals surface area contributed by atoms with Crippen molar-refractivity contribution in [1.29, 1.82) is 0 Å². The molecule has 0 aliphatic heterocycles. The summed E-state index contributed by atoms with van der Waals surface area (Å²) in [5.41, 5.74) is 8.61. The van der Waals surface area contributed by atoms with E-state index in [2.05, 4.69) is 24.3 Å². The lowest BCUT2D eigenvalue weighted by atomic mass is 10.0. The van der Waals surface area contributed by atoms with Gasteiger partial charge in [0.25, 0.3) is 0 Å². The van der Waals surface area contributed by atoms with Crippen LogP contribution >= 0.6 is 0 Å².